The summed E-state index contributed by atoms with van der Waals surface area (Å²) < 4.78 is 3.11. The van der Waals surface area contributed by atoms with Crippen molar-refractivity contribution in [1.82, 2.24) is 14.7 Å². The molecule has 0 spiro atoms. The summed E-state index contributed by atoms with van der Waals surface area (Å²) in [5.41, 5.74) is 2.11. The lowest BCUT2D eigenvalue weighted by molar-refractivity contribution is 0.520. The van der Waals surface area contributed by atoms with Gasteiger partial charge in [-0.25, -0.2) is 4.98 Å². The predicted molar refractivity (Wildman–Crippen MR) is 72.0 cm³/mol. The van der Waals surface area contributed by atoms with E-state index in [4.69, 9.17) is 0 Å². The van der Waals surface area contributed by atoms with Gasteiger partial charge in [0.2, 0.25) is 0 Å². The number of rotatable bonds is 3. The molecule has 2 aromatic rings. The Morgan fingerprint density at radius 3 is 3.00 bits per heavy atom. The molecule has 17 heavy (non-hydrogen) atoms. The SMILES string of the molecule is Brc1cccn2cc(CNC3CCCC3)nc12. The lowest BCUT2D eigenvalue weighted by atomic mass is 10.2. The minimum absolute atomic E-state index is 0.697. The van der Waals surface area contributed by atoms with Crippen molar-refractivity contribution in [2.24, 2.45) is 0 Å². The molecule has 0 amide bonds. The maximum Gasteiger partial charge on any atom is 0.151 e. The molecule has 90 valence electrons. The Labute approximate surface area is 109 Å². The summed E-state index contributed by atoms with van der Waals surface area (Å²) in [6.45, 7) is 0.874. The van der Waals surface area contributed by atoms with Crippen molar-refractivity contribution < 1.29 is 0 Å². The van der Waals surface area contributed by atoms with E-state index in [-0.39, 0.29) is 0 Å². The quantitative estimate of drug-likeness (QED) is 0.942. The number of imidazole rings is 1. The smallest absolute Gasteiger partial charge is 0.151 e. The summed E-state index contributed by atoms with van der Waals surface area (Å²) in [7, 11) is 0. The van der Waals surface area contributed by atoms with Crippen LogP contribution in [0, 0.1) is 0 Å². The minimum atomic E-state index is 0.697. The van der Waals surface area contributed by atoms with E-state index in [1.165, 1.54) is 25.7 Å². The van der Waals surface area contributed by atoms with Crippen LogP contribution in [0.1, 0.15) is 31.4 Å². The van der Waals surface area contributed by atoms with E-state index in [2.05, 4.69) is 36.8 Å². The molecule has 3 nitrogen and oxygen atoms in total. The predicted octanol–water partition coefficient (Wildman–Crippen LogP) is 3.13. The molecule has 1 N–H and O–H groups in total. The molecule has 2 aromatic heterocycles. The van der Waals surface area contributed by atoms with Crippen molar-refractivity contribution in [3.05, 3.63) is 34.7 Å². The van der Waals surface area contributed by atoms with Crippen LogP contribution in [0.15, 0.2) is 29.0 Å². The second kappa shape index (κ2) is 4.78. The highest BCUT2D eigenvalue weighted by Crippen LogP contribution is 2.19. The fraction of sp³-hybridized carbons (Fsp3) is 0.462. The molecule has 0 atom stereocenters. The van der Waals surface area contributed by atoms with Gasteiger partial charge >= 0.3 is 0 Å². The Morgan fingerprint density at radius 1 is 1.41 bits per heavy atom. The van der Waals surface area contributed by atoms with Crippen molar-refractivity contribution in [2.75, 3.05) is 0 Å². The first kappa shape index (κ1) is 11.2. The Balaban J connectivity index is 1.74. The third kappa shape index (κ3) is 2.38. The Kier molecular flexibility index (Phi) is 3.16. The van der Waals surface area contributed by atoms with Crippen molar-refractivity contribution in [1.29, 1.82) is 0 Å². The van der Waals surface area contributed by atoms with E-state index >= 15 is 0 Å². The van der Waals surface area contributed by atoms with Gasteiger partial charge in [-0.1, -0.05) is 12.8 Å². The van der Waals surface area contributed by atoms with E-state index in [9.17, 15) is 0 Å². The van der Waals surface area contributed by atoms with Crippen LogP contribution < -0.4 is 5.32 Å². The highest BCUT2D eigenvalue weighted by Gasteiger charge is 2.14. The number of hydrogen-bond donors (Lipinski definition) is 1. The topological polar surface area (TPSA) is 29.3 Å². The number of aromatic nitrogens is 2. The highest BCUT2D eigenvalue weighted by molar-refractivity contribution is 9.10. The van der Waals surface area contributed by atoms with Gasteiger partial charge in [-0.15, -0.1) is 0 Å². The molecule has 1 saturated carbocycles. The third-order valence-corrected chi connectivity index (χ3v) is 4.03. The summed E-state index contributed by atoms with van der Waals surface area (Å²) in [6, 6.07) is 4.74. The van der Waals surface area contributed by atoms with E-state index in [1.807, 2.05) is 18.3 Å². The Hall–Kier alpha value is -0.870. The molecule has 0 radical (unpaired) electrons. The van der Waals surface area contributed by atoms with Gasteiger partial charge in [-0.3, -0.25) is 0 Å². The molecule has 0 saturated heterocycles. The van der Waals surface area contributed by atoms with Gasteiger partial charge in [0.1, 0.15) is 0 Å². The summed E-state index contributed by atoms with van der Waals surface area (Å²) in [4.78, 5) is 4.63. The highest BCUT2D eigenvalue weighted by atomic mass is 79.9. The first-order valence-corrected chi connectivity index (χ1v) is 6.98. The third-order valence-electron chi connectivity index (χ3n) is 3.41. The van der Waals surface area contributed by atoms with Crippen LogP contribution in [0.3, 0.4) is 0 Å². The zero-order valence-corrected chi connectivity index (χ0v) is 11.3. The molecule has 1 aliphatic carbocycles. The van der Waals surface area contributed by atoms with E-state index in [1.54, 1.807) is 0 Å². The molecule has 3 rings (SSSR count). The number of hydrogen-bond acceptors (Lipinski definition) is 2. The zero-order chi connectivity index (χ0) is 11.7. The molecule has 4 heteroatoms. The molecular weight excluding hydrogens is 278 g/mol. The van der Waals surface area contributed by atoms with Crippen LogP contribution >= 0.6 is 15.9 Å². The molecule has 1 fully saturated rings. The monoisotopic (exact) mass is 293 g/mol. The molecular formula is C13H16BrN3. The molecule has 0 unspecified atom stereocenters. The van der Waals surface area contributed by atoms with Crippen molar-refractivity contribution in [2.45, 2.75) is 38.3 Å². The van der Waals surface area contributed by atoms with Crippen molar-refractivity contribution in [3.8, 4) is 0 Å². The van der Waals surface area contributed by atoms with Crippen molar-refractivity contribution in [3.63, 3.8) is 0 Å². The average Bonchev–Trinajstić information content (AvgIpc) is 2.95. The molecule has 0 bridgehead atoms. The Morgan fingerprint density at radius 2 is 2.24 bits per heavy atom. The summed E-state index contributed by atoms with van der Waals surface area (Å²) in [5, 5.41) is 3.59. The van der Waals surface area contributed by atoms with Gasteiger partial charge in [0.05, 0.1) is 10.2 Å². The van der Waals surface area contributed by atoms with Gasteiger partial charge in [-0.05, 0) is 40.9 Å². The largest absolute Gasteiger partial charge is 0.308 e. The number of halogens is 1. The second-order valence-corrected chi connectivity index (χ2v) is 5.54. The van der Waals surface area contributed by atoms with Crippen LogP contribution in [0.2, 0.25) is 0 Å². The fourth-order valence-corrected chi connectivity index (χ4v) is 2.94. The Bertz CT molecular complexity index is 514. The number of nitrogens with one attached hydrogen (secondary N) is 1. The standard InChI is InChI=1S/C13H16BrN3/c14-12-6-3-7-17-9-11(16-13(12)17)8-15-10-4-1-2-5-10/h3,6-7,9-10,15H,1-2,4-5,8H2. The maximum absolute atomic E-state index is 4.63. The van der Waals surface area contributed by atoms with E-state index in [0.29, 0.717) is 6.04 Å². The normalized spacial score (nSPS) is 17.0. The minimum Gasteiger partial charge on any atom is -0.308 e. The summed E-state index contributed by atoms with van der Waals surface area (Å²) in [6.07, 6.45) is 9.51. The van der Waals surface area contributed by atoms with Crippen molar-refractivity contribution >= 4 is 21.6 Å². The summed E-state index contributed by atoms with van der Waals surface area (Å²) >= 11 is 3.52. The molecule has 1 aliphatic rings. The van der Waals surface area contributed by atoms with Gasteiger partial charge in [0.25, 0.3) is 0 Å². The van der Waals surface area contributed by atoms with E-state index < -0.39 is 0 Å². The molecule has 0 aliphatic heterocycles. The van der Waals surface area contributed by atoms with Crippen LogP contribution in [0.25, 0.3) is 5.65 Å². The lowest BCUT2D eigenvalue weighted by Gasteiger charge is -2.09. The van der Waals surface area contributed by atoms with E-state index in [0.717, 1.165) is 22.4 Å². The van der Waals surface area contributed by atoms with Gasteiger partial charge in [-0.2, -0.15) is 0 Å². The number of fused-ring (bicyclic) bond motifs is 1. The zero-order valence-electron chi connectivity index (χ0n) is 9.69. The first-order chi connectivity index (χ1) is 8.33. The second-order valence-electron chi connectivity index (χ2n) is 4.68. The molecule has 2 heterocycles. The summed E-state index contributed by atoms with van der Waals surface area (Å²) in [5.74, 6) is 0. The van der Waals surface area contributed by atoms with Crippen LogP contribution in [0.5, 0.6) is 0 Å². The maximum atomic E-state index is 4.63. The molecule has 0 aromatic carbocycles. The van der Waals surface area contributed by atoms with Gasteiger partial charge in [0.15, 0.2) is 5.65 Å². The van der Waals surface area contributed by atoms with Crippen LogP contribution in [-0.2, 0) is 6.54 Å². The van der Waals surface area contributed by atoms with Gasteiger partial charge < -0.3 is 9.72 Å². The number of nitrogens with zero attached hydrogens (tertiary/aromatic N) is 2. The van der Waals surface area contributed by atoms with Crippen LogP contribution in [-0.4, -0.2) is 15.4 Å². The lowest BCUT2D eigenvalue weighted by Crippen LogP contribution is -2.25. The first-order valence-electron chi connectivity index (χ1n) is 6.18. The van der Waals surface area contributed by atoms with Crippen LogP contribution in [0.4, 0.5) is 0 Å². The average molecular weight is 294 g/mol. The fourth-order valence-electron chi connectivity index (χ4n) is 2.49. The van der Waals surface area contributed by atoms with Gasteiger partial charge in [0, 0.05) is 25.0 Å². The number of pyridine rings is 1.